The van der Waals surface area contributed by atoms with Crippen LogP contribution in [-0.4, -0.2) is 34.8 Å². The minimum absolute atomic E-state index is 0.137. The number of amides is 2. The van der Waals surface area contributed by atoms with Crippen LogP contribution in [0.25, 0.3) is 0 Å². The highest BCUT2D eigenvalue weighted by Gasteiger charge is 2.34. The van der Waals surface area contributed by atoms with Crippen molar-refractivity contribution in [3.63, 3.8) is 0 Å². The molecule has 1 aromatic carbocycles. The van der Waals surface area contributed by atoms with Crippen LogP contribution >= 0.6 is 0 Å². The van der Waals surface area contributed by atoms with E-state index in [0.717, 1.165) is 5.56 Å². The molecule has 0 aliphatic carbocycles. The number of nitrogens with zero attached hydrogens (tertiary/aromatic N) is 1. The fraction of sp³-hybridized carbons (Fsp3) is 0.200. The Morgan fingerprint density at radius 2 is 1.95 bits per heavy atom. The highest BCUT2D eigenvalue weighted by molar-refractivity contribution is 5.97. The Morgan fingerprint density at radius 3 is 2.65 bits per heavy atom. The van der Waals surface area contributed by atoms with Gasteiger partial charge in [0.25, 0.3) is 5.91 Å². The molecule has 2 heterocycles. The first-order chi connectivity index (χ1) is 9.77. The largest absolute Gasteiger partial charge is 0.357 e. The lowest BCUT2D eigenvalue weighted by Gasteiger charge is -2.35. The third kappa shape index (κ3) is 2.18. The Balaban J connectivity index is 1.95. The SMILES string of the molecule is O=C1NCCN(C(=O)c2ccc[nH]2)C1c1ccccc1. The maximum Gasteiger partial charge on any atom is 0.271 e. The van der Waals surface area contributed by atoms with Crippen LogP contribution in [0.2, 0.25) is 0 Å². The Hall–Kier alpha value is -2.56. The number of benzene rings is 1. The second kappa shape index (κ2) is 5.21. The van der Waals surface area contributed by atoms with Gasteiger partial charge >= 0.3 is 0 Å². The summed E-state index contributed by atoms with van der Waals surface area (Å²) in [5.74, 6) is -0.291. The number of rotatable bonds is 2. The quantitative estimate of drug-likeness (QED) is 0.863. The Bertz CT molecular complexity index is 607. The summed E-state index contributed by atoms with van der Waals surface area (Å²) in [6.45, 7) is 0.984. The minimum Gasteiger partial charge on any atom is -0.357 e. The molecule has 20 heavy (non-hydrogen) atoms. The molecule has 1 saturated heterocycles. The van der Waals surface area contributed by atoms with Crippen LogP contribution in [0, 0.1) is 0 Å². The molecule has 0 saturated carbocycles. The van der Waals surface area contributed by atoms with Gasteiger partial charge in [-0.1, -0.05) is 30.3 Å². The standard InChI is InChI=1S/C15H15N3O2/c19-14-13(11-5-2-1-3-6-11)18(10-9-17-14)15(20)12-7-4-8-16-12/h1-8,13,16H,9-10H2,(H,17,19). The summed E-state index contributed by atoms with van der Waals surface area (Å²) in [5.41, 5.74) is 1.32. The molecule has 1 atom stereocenters. The van der Waals surface area contributed by atoms with Crippen LogP contribution in [-0.2, 0) is 4.79 Å². The first-order valence-electron chi connectivity index (χ1n) is 6.54. The second-order valence-corrected chi connectivity index (χ2v) is 4.69. The van der Waals surface area contributed by atoms with Crippen molar-refractivity contribution < 1.29 is 9.59 Å². The van der Waals surface area contributed by atoms with Crippen molar-refractivity contribution in [3.05, 3.63) is 59.9 Å². The van der Waals surface area contributed by atoms with Gasteiger partial charge < -0.3 is 15.2 Å². The van der Waals surface area contributed by atoms with Crippen molar-refractivity contribution in [1.82, 2.24) is 15.2 Å². The Labute approximate surface area is 116 Å². The summed E-state index contributed by atoms with van der Waals surface area (Å²) in [4.78, 5) is 29.2. The van der Waals surface area contributed by atoms with E-state index in [1.54, 1.807) is 23.2 Å². The van der Waals surface area contributed by atoms with E-state index in [0.29, 0.717) is 18.8 Å². The summed E-state index contributed by atoms with van der Waals surface area (Å²) in [6.07, 6.45) is 1.70. The van der Waals surface area contributed by atoms with Gasteiger partial charge in [-0.2, -0.15) is 0 Å². The van der Waals surface area contributed by atoms with Crippen molar-refractivity contribution in [3.8, 4) is 0 Å². The Kier molecular flexibility index (Phi) is 3.25. The number of hydrogen-bond acceptors (Lipinski definition) is 2. The maximum atomic E-state index is 12.5. The van der Waals surface area contributed by atoms with E-state index in [1.807, 2.05) is 30.3 Å². The van der Waals surface area contributed by atoms with Crippen LogP contribution in [0.15, 0.2) is 48.7 Å². The van der Waals surface area contributed by atoms with Gasteiger partial charge in [-0.3, -0.25) is 9.59 Å². The molecule has 1 aliphatic rings. The highest BCUT2D eigenvalue weighted by Crippen LogP contribution is 2.24. The molecule has 102 valence electrons. The lowest BCUT2D eigenvalue weighted by atomic mass is 10.0. The van der Waals surface area contributed by atoms with Gasteiger partial charge in [0.15, 0.2) is 0 Å². The number of H-pyrrole nitrogens is 1. The van der Waals surface area contributed by atoms with Gasteiger partial charge in [0.05, 0.1) is 0 Å². The molecule has 1 aliphatic heterocycles. The van der Waals surface area contributed by atoms with Crippen LogP contribution in [0.4, 0.5) is 0 Å². The van der Waals surface area contributed by atoms with Crippen LogP contribution in [0.5, 0.6) is 0 Å². The minimum atomic E-state index is -0.569. The third-order valence-corrected chi connectivity index (χ3v) is 3.42. The lowest BCUT2D eigenvalue weighted by Crippen LogP contribution is -2.52. The molecular formula is C15H15N3O2. The van der Waals surface area contributed by atoms with E-state index in [9.17, 15) is 9.59 Å². The van der Waals surface area contributed by atoms with Crippen LogP contribution in [0.3, 0.4) is 0 Å². The number of nitrogens with one attached hydrogen (secondary N) is 2. The van der Waals surface area contributed by atoms with Crippen LogP contribution in [0.1, 0.15) is 22.1 Å². The van der Waals surface area contributed by atoms with Crippen molar-refractivity contribution in [2.75, 3.05) is 13.1 Å². The van der Waals surface area contributed by atoms with E-state index >= 15 is 0 Å². The first kappa shape index (κ1) is 12.5. The second-order valence-electron chi connectivity index (χ2n) is 4.69. The van der Waals surface area contributed by atoms with E-state index in [4.69, 9.17) is 0 Å². The maximum absolute atomic E-state index is 12.5. The number of aromatic amines is 1. The smallest absolute Gasteiger partial charge is 0.271 e. The highest BCUT2D eigenvalue weighted by atomic mass is 16.2. The van der Waals surface area contributed by atoms with Crippen molar-refractivity contribution in [2.45, 2.75) is 6.04 Å². The summed E-state index contributed by atoms with van der Waals surface area (Å²) in [5, 5.41) is 2.82. The van der Waals surface area contributed by atoms with Crippen molar-refractivity contribution in [1.29, 1.82) is 0 Å². The van der Waals surface area contributed by atoms with Crippen molar-refractivity contribution >= 4 is 11.8 Å². The third-order valence-electron chi connectivity index (χ3n) is 3.42. The lowest BCUT2D eigenvalue weighted by molar-refractivity contribution is -0.128. The summed E-state index contributed by atoms with van der Waals surface area (Å²) >= 11 is 0. The monoisotopic (exact) mass is 269 g/mol. The molecule has 0 radical (unpaired) electrons. The molecule has 5 heteroatoms. The predicted octanol–water partition coefficient (Wildman–Crippen LogP) is 1.33. The zero-order valence-corrected chi connectivity index (χ0v) is 10.9. The van der Waals surface area contributed by atoms with Crippen molar-refractivity contribution in [2.24, 2.45) is 0 Å². The molecule has 1 unspecified atom stereocenters. The molecule has 2 amide bonds. The van der Waals surface area contributed by atoms with E-state index in [2.05, 4.69) is 10.3 Å². The fourth-order valence-corrected chi connectivity index (χ4v) is 2.47. The number of carbonyl (C=O) groups excluding carboxylic acids is 2. The molecule has 2 aromatic rings. The molecule has 5 nitrogen and oxygen atoms in total. The predicted molar refractivity (Wildman–Crippen MR) is 74.0 cm³/mol. The Morgan fingerprint density at radius 1 is 1.15 bits per heavy atom. The van der Waals surface area contributed by atoms with E-state index in [-0.39, 0.29) is 11.8 Å². The average molecular weight is 269 g/mol. The average Bonchev–Trinajstić information content (AvgIpc) is 3.01. The molecule has 0 bridgehead atoms. The summed E-state index contributed by atoms with van der Waals surface area (Å²) < 4.78 is 0. The summed E-state index contributed by atoms with van der Waals surface area (Å²) in [7, 11) is 0. The number of piperazine rings is 1. The molecule has 3 rings (SSSR count). The zero-order chi connectivity index (χ0) is 13.9. The first-order valence-corrected chi connectivity index (χ1v) is 6.54. The van der Waals surface area contributed by atoms with Gasteiger partial charge in [0.2, 0.25) is 5.91 Å². The van der Waals surface area contributed by atoms with Gasteiger partial charge in [0, 0.05) is 19.3 Å². The van der Waals surface area contributed by atoms with Gasteiger partial charge in [-0.05, 0) is 17.7 Å². The van der Waals surface area contributed by atoms with E-state index < -0.39 is 6.04 Å². The molecule has 1 aromatic heterocycles. The molecule has 0 spiro atoms. The molecule has 1 fully saturated rings. The van der Waals surface area contributed by atoms with E-state index in [1.165, 1.54) is 0 Å². The van der Waals surface area contributed by atoms with Crippen LogP contribution < -0.4 is 5.32 Å². The fourth-order valence-electron chi connectivity index (χ4n) is 2.47. The molecular weight excluding hydrogens is 254 g/mol. The van der Waals surface area contributed by atoms with Gasteiger partial charge in [0.1, 0.15) is 11.7 Å². The normalized spacial score (nSPS) is 18.7. The number of carbonyl (C=O) groups is 2. The number of aromatic nitrogens is 1. The van der Waals surface area contributed by atoms with Gasteiger partial charge in [-0.25, -0.2) is 0 Å². The van der Waals surface area contributed by atoms with Gasteiger partial charge in [-0.15, -0.1) is 0 Å². The molecule has 2 N–H and O–H groups in total. The zero-order valence-electron chi connectivity index (χ0n) is 10.9. The topological polar surface area (TPSA) is 65.2 Å². The summed E-state index contributed by atoms with van der Waals surface area (Å²) in [6, 6.07) is 12.3. The number of hydrogen-bond donors (Lipinski definition) is 2.